The zero-order valence-corrected chi connectivity index (χ0v) is 14.5. The SMILES string of the molecule is CCn1/c(=N/S(=O)(=O)c2ccc(Cl)s2)sc2cc(F)ccc21. The Balaban J connectivity index is 2.25. The second-order valence-corrected chi connectivity index (χ2v) is 8.92. The van der Waals surface area contributed by atoms with Crippen molar-refractivity contribution in [1.82, 2.24) is 4.57 Å². The minimum Gasteiger partial charge on any atom is -0.316 e. The van der Waals surface area contributed by atoms with E-state index in [0.717, 1.165) is 28.2 Å². The van der Waals surface area contributed by atoms with Crippen LogP contribution in [-0.4, -0.2) is 13.0 Å². The van der Waals surface area contributed by atoms with Crippen LogP contribution in [0.15, 0.2) is 38.9 Å². The molecule has 2 aromatic heterocycles. The highest BCUT2D eigenvalue weighted by molar-refractivity contribution is 7.92. The van der Waals surface area contributed by atoms with Gasteiger partial charge in [0.25, 0.3) is 10.0 Å². The molecule has 4 nitrogen and oxygen atoms in total. The van der Waals surface area contributed by atoms with Crippen LogP contribution in [-0.2, 0) is 16.6 Å². The first-order valence-corrected chi connectivity index (χ1v) is 9.71. The van der Waals surface area contributed by atoms with E-state index >= 15 is 0 Å². The average Bonchev–Trinajstić information content (AvgIpc) is 3.01. The molecule has 0 atom stereocenters. The molecule has 0 saturated carbocycles. The summed E-state index contributed by atoms with van der Waals surface area (Å²) < 4.78 is 44.7. The molecule has 2 heterocycles. The maximum absolute atomic E-state index is 13.3. The first-order chi connectivity index (χ1) is 10.4. The monoisotopic (exact) mass is 376 g/mol. The van der Waals surface area contributed by atoms with Gasteiger partial charge in [0.05, 0.1) is 14.6 Å². The summed E-state index contributed by atoms with van der Waals surface area (Å²) in [5.74, 6) is -0.364. The number of rotatable bonds is 3. The summed E-state index contributed by atoms with van der Waals surface area (Å²) in [5.41, 5.74) is 0.757. The fourth-order valence-electron chi connectivity index (χ4n) is 2.01. The van der Waals surface area contributed by atoms with Gasteiger partial charge in [0.2, 0.25) is 4.80 Å². The second kappa shape index (κ2) is 5.77. The number of aryl methyl sites for hydroxylation is 1. The van der Waals surface area contributed by atoms with Crippen LogP contribution in [0.2, 0.25) is 4.34 Å². The summed E-state index contributed by atoms with van der Waals surface area (Å²) >= 11 is 7.87. The van der Waals surface area contributed by atoms with Crippen molar-refractivity contribution < 1.29 is 12.8 Å². The van der Waals surface area contributed by atoms with Crippen molar-refractivity contribution in [3.63, 3.8) is 0 Å². The van der Waals surface area contributed by atoms with Gasteiger partial charge in [-0.05, 0) is 37.3 Å². The highest BCUT2D eigenvalue weighted by Crippen LogP contribution is 2.27. The number of halogens is 2. The van der Waals surface area contributed by atoms with Crippen molar-refractivity contribution in [1.29, 1.82) is 0 Å². The fourth-order valence-corrected chi connectivity index (χ4v) is 5.79. The summed E-state index contributed by atoms with van der Waals surface area (Å²) in [5, 5.41) is 0. The Kier molecular flexibility index (Phi) is 4.11. The van der Waals surface area contributed by atoms with Gasteiger partial charge in [0, 0.05) is 6.54 Å². The largest absolute Gasteiger partial charge is 0.316 e. The smallest absolute Gasteiger partial charge is 0.294 e. The predicted octanol–water partition coefficient (Wildman–Crippen LogP) is 3.87. The highest BCUT2D eigenvalue weighted by atomic mass is 35.5. The molecule has 0 saturated heterocycles. The zero-order valence-electron chi connectivity index (χ0n) is 11.3. The van der Waals surface area contributed by atoms with E-state index in [1.165, 1.54) is 24.3 Å². The molecular formula is C13H10ClFN2O2S3. The molecule has 1 aromatic carbocycles. The van der Waals surface area contributed by atoms with Crippen LogP contribution in [0.5, 0.6) is 0 Å². The number of aromatic nitrogens is 1. The van der Waals surface area contributed by atoms with Crippen molar-refractivity contribution in [3.05, 3.63) is 45.3 Å². The van der Waals surface area contributed by atoms with Crippen molar-refractivity contribution in [2.24, 2.45) is 4.40 Å². The van der Waals surface area contributed by atoms with E-state index in [9.17, 15) is 12.8 Å². The molecule has 0 radical (unpaired) electrons. The number of fused-ring (bicyclic) bond motifs is 1. The van der Waals surface area contributed by atoms with E-state index in [1.54, 1.807) is 10.6 Å². The van der Waals surface area contributed by atoms with E-state index in [2.05, 4.69) is 4.40 Å². The molecule has 0 amide bonds. The minimum atomic E-state index is -3.83. The van der Waals surface area contributed by atoms with Gasteiger partial charge in [0.1, 0.15) is 10.0 Å². The van der Waals surface area contributed by atoms with Gasteiger partial charge < -0.3 is 4.57 Å². The van der Waals surface area contributed by atoms with Crippen molar-refractivity contribution in [3.8, 4) is 0 Å². The van der Waals surface area contributed by atoms with Crippen LogP contribution in [0.3, 0.4) is 0 Å². The van der Waals surface area contributed by atoms with E-state index in [0.29, 0.717) is 20.4 Å². The second-order valence-electron chi connectivity index (χ2n) is 4.37. The maximum atomic E-state index is 13.3. The van der Waals surface area contributed by atoms with Crippen LogP contribution in [0.1, 0.15) is 6.92 Å². The Labute approximate surface area is 139 Å². The highest BCUT2D eigenvalue weighted by Gasteiger charge is 2.17. The Bertz CT molecular complexity index is 1020. The van der Waals surface area contributed by atoms with Crippen LogP contribution in [0, 0.1) is 5.82 Å². The summed E-state index contributed by atoms with van der Waals surface area (Å²) in [6.45, 7) is 2.41. The van der Waals surface area contributed by atoms with Gasteiger partial charge >= 0.3 is 0 Å². The number of benzene rings is 1. The maximum Gasteiger partial charge on any atom is 0.294 e. The average molecular weight is 377 g/mol. The lowest BCUT2D eigenvalue weighted by molar-refractivity contribution is 0.597. The predicted molar refractivity (Wildman–Crippen MR) is 87.5 cm³/mol. The number of hydrogen-bond donors (Lipinski definition) is 0. The Morgan fingerprint density at radius 2 is 2.05 bits per heavy atom. The molecule has 0 unspecified atom stereocenters. The number of thiophene rings is 1. The summed E-state index contributed by atoms with van der Waals surface area (Å²) in [4.78, 5) is 0.313. The number of thiazole rings is 1. The number of hydrogen-bond acceptors (Lipinski definition) is 4. The molecule has 0 fully saturated rings. The topological polar surface area (TPSA) is 51.4 Å². The summed E-state index contributed by atoms with van der Waals surface area (Å²) in [6, 6.07) is 7.29. The van der Waals surface area contributed by atoms with Crippen LogP contribution < -0.4 is 4.80 Å². The standard InChI is InChI=1S/C13H10ClFN2O2S3/c1-2-17-9-4-3-8(15)7-10(9)20-13(17)16-22(18,19)12-6-5-11(14)21-12/h3-7H,2H2,1H3/b16-13-. The third-order valence-electron chi connectivity index (χ3n) is 2.96. The Morgan fingerprint density at radius 1 is 1.27 bits per heavy atom. The van der Waals surface area contributed by atoms with Crippen molar-refractivity contribution in [2.75, 3.05) is 0 Å². The summed E-state index contributed by atoms with van der Waals surface area (Å²) in [7, 11) is -3.83. The van der Waals surface area contributed by atoms with E-state index in [1.807, 2.05) is 6.92 Å². The van der Waals surface area contributed by atoms with Crippen LogP contribution in [0.4, 0.5) is 4.39 Å². The van der Waals surface area contributed by atoms with Gasteiger partial charge in [-0.1, -0.05) is 22.9 Å². The molecule has 3 aromatic rings. The van der Waals surface area contributed by atoms with Crippen LogP contribution >= 0.6 is 34.3 Å². The number of sulfonamides is 1. The third-order valence-corrected chi connectivity index (χ3v) is 7.08. The lowest BCUT2D eigenvalue weighted by atomic mass is 10.3. The molecule has 0 spiro atoms. The van der Waals surface area contributed by atoms with Crippen molar-refractivity contribution >= 4 is 54.5 Å². The van der Waals surface area contributed by atoms with Gasteiger partial charge in [-0.3, -0.25) is 0 Å². The van der Waals surface area contributed by atoms with Gasteiger partial charge in [-0.15, -0.1) is 15.7 Å². The lowest BCUT2D eigenvalue weighted by Gasteiger charge is -2.00. The van der Waals surface area contributed by atoms with Gasteiger partial charge in [-0.25, -0.2) is 4.39 Å². The molecule has 0 N–H and O–H groups in total. The normalized spacial score (nSPS) is 13.1. The first kappa shape index (κ1) is 15.7. The molecule has 9 heteroatoms. The Hall–Kier alpha value is -1.22. The molecule has 0 aliphatic heterocycles. The molecule has 0 aliphatic carbocycles. The molecule has 3 rings (SSSR count). The first-order valence-electron chi connectivity index (χ1n) is 6.26. The minimum absolute atomic E-state index is 0.0868. The van der Waals surface area contributed by atoms with E-state index < -0.39 is 10.0 Å². The molecular weight excluding hydrogens is 367 g/mol. The van der Waals surface area contributed by atoms with Gasteiger partial charge in [0.15, 0.2) is 0 Å². The molecule has 116 valence electrons. The van der Waals surface area contributed by atoms with Gasteiger partial charge in [-0.2, -0.15) is 8.42 Å². The fraction of sp³-hybridized carbons (Fsp3) is 0.154. The number of nitrogens with zero attached hydrogens (tertiary/aromatic N) is 2. The zero-order chi connectivity index (χ0) is 15.9. The lowest BCUT2D eigenvalue weighted by Crippen LogP contribution is -2.15. The quantitative estimate of drug-likeness (QED) is 0.696. The Morgan fingerprint density at radius 3 is 2.68 bits per heavy atom. The molecule has 0 aliphatic rings. The van der Waals surface area contributed by atoms with E-state index in [4.69, 9.17) is 11.6 Å². The van der Waals surface area contributed by atoms with Crippen molar-refractivity contribution in [2.45, 2.75) is 17.7 Å². The molecule has 0 bridgehead atoms. The summed E-state index contributed by atoms with van der Waals surface area (Å²) in [6.07, 6.45) is 0. The molecule has 22 heavy (non-hydrogen) atoms. The van der Waals surface area contributed by atoms with E-state index in [-0.39, 0.29) is 10.0 Å². The van der Waals surface area contributed by atoms with Crippen LogP contribution in [0.25, 0.3) is 10.2 Å². The third kappa shape index (κ3) is 2.83.